The molecule has 0 spiro atoms. The van der Waals surface area contributed by atoms with Gasteiger partial charge in [0.15, 0.2) is 0 Å². The lowest BCUT2D eigenvalue weighted by Crippen LogP contribution is -2.42. The van der Waals surface area contributed by atoms with E-state index in [2.05, 4.69) is 38.2 Å². The van der Waals surface area contributed by atoms with Crippen molar-refractivity contribution in [3.63, 3.8) is 0 Å². The minimum absolute atomic E-state index is 0.0715. The number of hydrogen-bond donors (Lipinski definition) is 1. The van der Waals surface area contributed by atoms with Crippen LogP contribution in [-0.4, -0.2) is 17.7 Å². The van der Waals surface area contributed by atoms with Crippen molar-refractivity contribution in [1.29, 1.82) is 0 Å². The topological polar surface area (TPSA) is 38.3 Å². The molecule has 0 aliphatic carbocycles. The number of benzene rings is 1. The molecule has 3 heteroatoms. The van der Waals surface area contributed by atoms with Gasteiger partial charge in [-0.15, -0.1) is 0 Å². The predicted octanol–water partition coefficient (Wildman–Crippen LogP) is 4.56. The molecule has 1 aromatic rings. The summed E-state index contributed by atoms with van der Waals surface area (Å²) < 4.78 is 5.37. The highest BCUT2D eigenvalue weighted by Crippen LogP contribution is 2.23. The van der Waals surface area contributed by atoms with Crippen molar-refractivity contribution < 1.29 is 9.53 Å². The van der Waals surface area contributed by atoms with Gasteiger partial charge in [0, 0.05) is 6.04 Å². The van der Waals surface area contributed by atoms with E-state index in [4.69, 9.17) is 4.74 Å². The lowest BCUT2D eigenvalue weighted by atomic mass is 9.86. The molecule has 0 aliphatic rings. The number of rotatable bonds is 4. The number of alkyl carbamates (subject to hydrolysis) is 1. The molecule has 1 amide bonds. The summed E-state index contributed by atoms with van der Waals surface area (Å²) in [5, 5.41) is 3.02. The number of carbonyl (C=O) groups is 1. The van der Waals surface area contributed by atoms with Crippen LogP contribution in [0.25, 0.3) is 0 Å². The Hall–Kier alpha value is -1.51. The number of amides is 1. The lowest BCUT2D eigenvalue weighted by molar-refractivity contribution is 0.0492. The van der Waals surface area contributed by atoms with Gasteiger partial charge in [0.1, 0.15) is 5.60 Å². The highest BCUT2D eigenvalue weighted by molar-refractivity contribution is 5.68. The summed E-state index contributed by atoms with van der Waals surface area (Å²) in [4.78, 5) is 12.0. The second kappa shape index (κ2) is 6.97. The first kappa shape index (κ1) is 17.5. The maximum atomic E-state index is 12.0. The molecule has 0 unspecified atom stereocenters. The first-order valence-corrected chi connectivity index (χ1v) is 7.59. The third-order valence-electron chi connectivity index (χ3n) is 2.90. The average molecular weight is 291 g/mol. The Kier molecular flexibility index (Phi) is 5.82. The van der Waals surface area contributed by atoms with Gasteiger partial charge in [-0.3, -0.25) is 0 Å². The van der Waals surface area contributed by atoms with Gasteiger partial charge in [0.05, 0.1) is 0 Å². The summed E-state index contributed by atoms with van der Waals surface area (Å²) in [6, 6.07) is 10.3. The van der Waals surface area contributed by atoms with Crippen LogP contribution in [-0.2, 0) is 11.2 Å². The molecule has 1 N–H and O–H groups in total. The summed E-state index contributed by atoms with van der Waals surface area (Å²) in [6.07, 6.45) is 1.38. The molecule has 1 atom stereocenters. The van der Waals surface area contributed by atoms with Crippen LogP contribution in [0.5, 0.6) is 0 Å². The van der Waals surface area contributed by atoms with Gasteiger partial charge in [-0.1, -0.05) is 51.1 Å². The van der Waals surface area contributed by atoms with E-state index in [-0.39, 0.29) is 17.6 Å². The summed E-state index contributed by atoms with van der Waals surface area (Å²) in [6.45, 7) is 12.2. The molecular formula is C18H29NO2. The Morgan fingerprint density at radius 1 is 1.10 bits per heavy atom. The highest BCUT2D eigenvalue weighted by Gasteiger charge is 2.23. The van der Waals surface area contributed by atoms with Crippen molar-refractivity contribution >= 4 is 6.09 Å². The molecule has 0 saturated carbocycles. The molecule has 3 nitrogen and oxygen atoms in total. The van der Waals surface area contributed by atoms with Crippen molar-refractivity contribution in [3.8, 4) is 0 Å². The van der Waals surface area contributed by atoms with Crippen LogP contribution in [0.4, 0.5) is 4.79 Å². The molecular weight excluding hydrogens is 262 g/mol. The third-order valence-corrected chi connectivity index (χ3v) is 2.90. The fraction of sp³-hybridized carbons (Fsp3) is 0.611. The molecule has 0 aromatic heterocycles. The summed E-state index contributed by atoms with van der Waals surface area (Å²) in [7, 11) is 0. The van der Waals surface area contributed by atoms with Crippen molar-refractivity contribution in [1.82, 2.24) is 5.32 Å². The van der Waals surface area contributed by atoms with Crippen molar-refractivity contribution in [2.24, 2.45) is 5.41 Å². The first-order chi connectivity index (χ1) is 9.55. The zero-order chi connectivity index (χ0) is 16.1. The van der Waals surface area contributed by atoms with E-state index in [1.807, 2.05) is 39.0 Å². The van der Waals surface area contributed by atoms with Crippen LogP contribution in [0.2, 0.25) is 0 Å². The molecule has 0 heterocycles. The van der Waals surface area contributed by atoms with Crippen LogP contribution in [0.15, 0.2) is 30.3 Å². The largest absolute Gasteiger partial charge is 0.444 e. The minimum atomic E-state index is -0.469. The normalized spacial score (nSPS) is 13.6. The Labute approximate surface area is 129 Å². The summed E-state index contributed by atoms with van der Waals surface area (Å²) in [5.41, 5.74) is 0.903. The van der Waals surface area contributed by atoms with Crippen molar-refractivity contribution in [2.75, 3.05) is 0 Å². The van der Waals surface area contributed by atoms with E-state index in [0.29, 0.717) is 0 Å². The maximum absolute atomic E-state index is 12.0. The fourth-order valence-corrected chi connectivity index (χ4v) is 2.29. The third kappa shape index (κ3) is 8.38. The van der Waals surface area contributed by atoms with Crippen molar-refractivity contribution in [3.05, 3.63) is 35.9 Å². The van der Waals surface area contributed by atoms with E-state index in [1.54, 1.807) is 0 Å². The molecule has 0 bridgehead atoms. The Balaban J connectivity index is 2.71. The SMILES string of the molecule is CC(C)(C)C[C@H](Cc1ccccc1)NC(=O)OC(C)(C)C. The van der Waals surface area contributed by atoms with E-state index < -0.39 is 5.60 Å². The molecule has 0 radical (unpaired) electrons. The van der Waals surface area contributed by atoms with E-state index in [1.165, 1.54) is 5.56 Å². The highest BCUT2D eigenvalue weighted by atomic mass is 16.6. The van der Waals surface area contributed by atoms with E-state index >= 15 is 0 Å². The summed E-state index contributed by atoms with van der Waals surface area (Å²) in [5.74, 6) is 0. The van der Waals surface area contributed by atoms with Crippen LogP contribution in [0, 0.1) is 5.41 Å². The molecule has 1 aromatic carbocycles. The van der Waals surface area contributed by atoms with Gasteiger partial charge in [0.2, 0.25) is 0 Å². The molecule has 118 valence electrons. The number of hydrogen-bond acceptors (Lipinski definition) is 2. The number of nitrogens with one attached hydrogen (secondary N) is 1. The molecule has 0 saturated heterocycles. The van der Waals surface area contributed by atoms with Crippen LogP contribution in [0.1, 0.15) is 53.5 Å². The maximum Gasteiger partial charge on any atom is 0.407 e. The number of carbonyl (C=O) groups excluding carboxylic acids is 1. The fourth-order valence-electron chi connectivity index (χ4n) is 2.29. The molecule has 0 fully saturated rings. The van der Waals surface area contributed by atoms with Gasteiger partial charge in [-0.25, -0.2) is 4.79 Å². The summed E-state index contributed by atoms with van der Waals surface area (Å²) >= 11 is 0. The monoisotopic (exact) mass is 291 g/mol. The molecule has 1 rings (SSSR count). The van der Waals surface area contributed by atoms with Crippen LogP contribution in [0.3, 0.4) is 0 Å². The average Bonchev–Trinajstić information content (AvgIpc) is 2.24. The van der Waals surface area contributed by atoms with Gasteiger partial charge in [-0.2, -0.15) is 0 Å². The Bertz CT molecular complexity index is 441. The zero-order valence-corrected chi connectivity index (χ0v) is 14.2. The minimum Gasteiger partial charge on any atom is -0.444 e. The van der Waals surface area contributed by atoms with Crippen LogP contribution >= 0.6 is 0 Å². The Morgan fingerprint density at radius 2 is 1.67 bits per heavy atom. The zero-order valence-electron chi connectivity index (χ0n) is 14.2. The predicted molar refractivity (Wildman–Crippen MR) is 87.4 cm³/mol. The van der Waals surface area contributed by atoms with E-state index in [9.17, 15) is 4.79 Å². The van der Waals surface area contributed by atoms with Gasteiger partial charge < -0.3 is 10.1 Å². The lowest BCUT2D eigenvalue weighted by Gasteiger charge is -2.28. The quantitative estimate of drug-likeness (QED) is 0.883. The van der Waals surface area contributed by atoms with E-state index in [0.717, 1.165) is 12.8 Å². The van der Waals surface area contributed by atoms with Crippen LogP contribution < -0.4 is 5.32 Å². The van der Waals surface area contributed by atoms with Gasteiger partial charge in [-0.05, 0) is 44.6 Å². The standard InChI is InChI=1S/C18H29NO2/c1-17(2,3)13-15(12-14-10-8-7-9-11-14)19-16(20)21-18(4,5)6/h7-11,15H,12-13H2,1-6H3,(H,19,20)/t15-/m0/s1. The molecule has 21 heavy (non-hydrogen) atoms. The second-order valence-electron chi connectivity index (χ2n) is 7.80. The first-order valence-electron chi connectivity index (χ1n) is 7.59. The Morgan fingerprint density at radius 3 is 2.14 bits per heavy atom. The molecule has 0 aliphatic heterocycles. The van der Waals surface area contributed by atoms with Crippen molar-refractivity contribution in [2.45, 2.75) is 66.0 Å². The second-order valence-corrected chi connectivity index (χ2v) is 7.80. The number of ether oxygens (including phenoxy) is 1. The smallest absolute Gasteiger partial charge is 0.407 e. The van der Waals surface area contributed by atoms with Gasteiger partial charge in [0.25, 0.3) is 0 Å². The van der Waals surface area contributed by atoms with Gasteiger partial charge >= 0.3 is 6.09 Å².